The van der Waals surface area contributed by atoms with Crippen LogP contribution in [0.15, 0.2) is 24.3 Å². The third kappa shape index (κ3) is 2.82. The van der Waals surface area contributed by atoms with Gasteiger partial charge in [-0.05, 0) is 25.8 Å². The van der Waals surface area contributed by atoms with Crippen molar-refractivity contribution >= 4 is 5.91 Å². The summed E-state index contributed by atoms with van der Waals surface area (Å²) in [4.78, 5) is 14.7. The Bertz CT molecular complexity index is 480. The molecule has 1 aliphatic heterocycles. The molecule has 1 aromatic rings. The number of carbonyl (C=O) groups excluding carboxylic acids is 1. The van der Waals surface area contributed by atoms with Gasteiger partial charge in [0, 0.05) is 18.0 Å². The molecule has 1 aliphatic carbocycles. The SMILES string of the molecule is CC1CN(C(=O)C2CCCCC2)Cc2ccccc2O1. The first-order valence-corrected chi connectivity index (χ1v) is 7.77. The van der Waals surface area contributed by atoms with Gasteiger partial charge in [0.15, 0.2) is 0 Å². The van der Waals surface area contributed by atoms with Gasteiger partial charge in [-0.15, -0.1) is 0 Å². The maximum Gasteiger partial charge on any atom is 0.226 e. The third-order valence-corrected chi connectivity index (χ3v) is 4.41. The summed E-state index contributed by atoms with van der Waals surface area (Å²) in [5.41, 5.74) is 1.13. The smallest absolute Gasteiger partial charge is 0.226 e. The number of hydrogen-bond donors (Lipinski definition) is 0. The van der Waals surface area contributed by atoms with Crippen LogP contribution in [-0.2, 0) is 11.3 Å². The Labute approximate surface area is 120 Å². The average molecular weight is 273 g/mol. The number of rotatable bonds is 1. The van der Waals surface area contributed by atoms with Crippen LogP contribution in [-0.4, -0.2) is 23.5 Å². The first-order valence-electron chi connectivity index (χ1n) is 7.77. The molecule has 1 aromatic carbocycles. The summed E-state index contributed by atoms with van der Waals surface area (Å²) in [6.45, 7) is 3.43. The van der Waals surface area contributed by atoms with E-state index in [4.69, 9.17) is 4.74 Å². The van der Waals surface area contributed by atoms with Gasteiger partial charge in [0.05, 0.1) is 6.54 Å². The molecule has 0 N–H and O–H groups in total. The fourth-order valence-corrected chi connectivity index (χ4v) is 3.36. The zero-order valence-electron chi connectivity index (χ0n) is 12.2. The number of carbonyl (C=O) groups is 1. The topological polar surface area (TPSA) is 29.5 Å². The molecule has 1 amide bonds. The molecule has 0 bridgehead atoms. The van der Waals surface area contributed by atoms with E-state index in [1.165, 1.54) is 19.3 Å². The zero-order valence-corrected chi connectivity index (χ0v) is 12.2. The van der Waals surface area contributed by atoms with E-state index in [1.54, 1.807) is 0 Å². The second kappa shape index (κ2) is 5.86. The highest BCUT2D eigenvalue weighted by Crippen LogP contribution is 2.29. The molecule has 0 spiro atoms. The van der Waals surface area contributed by atoms with E-state index in [0.29, 0.717) is 19.0 Å². The first-order chi connectivity index (χ1) is 9.74. The van der Waals surface area contributed by atoms with Gasteiger partial charge >= 0.3 is 0 Å². The van der Waals surface area contributed by atoms with Gasteiger partial charge in [-0.3, -0.25) is 4.79 Å². The van der Waals surface area contributed by atoms with Crippen LogP contribution < -0.4 is 4.74 Å². The molecular formula is C17H23NO2. The summed E-state index contributed by atoms with van der Waals surface area (Å²) in [7, 11) is 0. The molecule has 3 nitrogen and oxygen atoms in total. The molecule has 0 aromatic heterocycles. The summed E-state index contributed by atoms with van der Waals surface area (Å²) >= 11 is 0. The van der Waals surface area contributed by atoms with Crippen LogP contribution in [0.1, 0.15) is 44.6 Å². The fraction of sp³-hybridized carbons (Fsp3) is 0.588. The molecule has 0 radical (unpaired) electrons. The van der Waals surface area contributed by atoms with Crippen molar-refractivity contribution in [3.63, 3.8) is 0 Å². The van der Waals surface area contributed by atoms with Gasteiger partial charge in [-0.1, -0.05) is 37.5 Å². The van der Waals surface area contributed by atoms with Crippen molar-refractivity contribution in [2.24, 2.45) is 5.92 Å². The normalized spacial score (nSPS) is 23.6. The standard InChI is InChI=1S/C17H23NO2/c1-13-11-18(17(19)14-7-3-2-4-8-14)12-15-9-5-6-10-16(15)20-13/h5-6,9-10,13-14H,2-4,7-8,11-12H2,1H3. The minimum Gasteiger partial charge on any atom is -0.489 e. The average Bonchev–Trinajstić information content (AvgIpc) is 2.65. The van der Waals surface area contributed by atoms with Crippen molar-refractivity contribution < 1.29 is 9.53 Å². The van der Waals surface area contributed by atoms with E-state index < -0.39 is 0 Å². The van der Waals surface area contributed by atoms with Crippen LogP contribution >= 0.6 is 0 Å². The Morgan fingerprint density at radius 3 is 2.75 bits per heavy atom. The minimum absolute atomic E-state index is 0.0613. The molecule has 3 rings (SSSR count). The summed E-state index contributed by atoms with van der Waals surface area (Å²) in [5, 5.41) is 0. The lowest BCUT2D eigenvalue weighted by atomic mass is 9.88. The highest BCUT2D eigenvalue weighted by atomic mass is 16.5. The lowest BCUT2D eigenvalue weighted by molar-refractivity contribution is -0.137. The van der Waals surface area contributed by atoms with Crippen molar-refractivity contribution in [1.29, 1.82) is 0 Å². The van der Waals surface area contributed by atoms with Gasteiger partial charge in [-0.25, -0.2) is 0 Å². The molecule has 1 atom stereocenters. The van der Waals surface area contributed by atoms with Crippen molar-refractivity contribution in [1.82, 2.24) is 4.90 Å². The van der Waals surface area contributed by atoms with E-state index >= 15 is 0 Å². The lowest BCUT2D eigenvalue weighted by Gasteiger charge is -2.29. The Kier molecular flexibility index (Phi) is 3.95. The first kappa shape index (κ1) is 13.5. The maximum absolute atomic E-state index is 12.7. The van der Waals surface area contributed by atoms with Crippen molar-refractivity contribution in [3.8, 4) is 5.75 Å². The predicted molar refractivity (Wildman–Crippen MR) is 78.5 cm³/mol. The van der Waals surface area contributed by atoms with Gasteiger partial charge in [0.25, 0.3) is 0 Å². The summed E-state index contributed by atoms with van der Waals surface area (Å²) in [6.07, 6.45) is 5.87. The molecule has 1 saturated carbocycles. The second-order valence-electron chi connectivity index (χ2n) is 6.09. The van der Waals surface area contributed by atoms with Crippen molar-refractivity contribution in [2.75, 3.05) is 6.54 Å². The van der Waals surface area contributed by atoms with Crippen LogP contribution in [0.4, 0.5) is 0 Å². The van der Waals surface area contributed by atoms with E-state index in [1.807, 2.05) is 30.0 Å². The van der Waals surface area contributed by atoms with Gasteiger partial charge < -0.3 is 9.64 Å². The number of amides is 1. The van der Waals surface area contributed by atoms with Gasteiger partial charge in [-0.2, -0.15) is 0 Å². The van der Waals surface area contributed by atoms with Crippen LogP contribution in [0.3, 0.4) is 0 Å². The zero-order chi connectivity index (χ0) is 13.9. The molecule has 3 heteroatoms. The summed E-state index contributed by atoms with van der Waals surface area (Å²) < 4.78 is 5.93. The number of para-hydroxylation sites is 1. The molecule has 0 saturated heterocycles. The minimum atomic E-state index is 0.0613. The molecular weight excluding hydrogens is 250 g/mol. The van der Waals surface area contributed by atoms with Crippen molar-refractivity contribution in [3.05, 3.63) is 29.8 Å². The summed E-state index contributed by atoms with van der Waals surface area (Å²) in [5.74, 6) is 1.50. The number of ether oxygens (including phenoxy) is 1. The summed E-state index contributed by atoms with van der Waals surface area (Å²) in [6, 6.07) is 8.07. The van der Waals surface area contributed by atoms with Crippen LogP contribution in [0.25, 0.3) is 0 Å². The predicted octanol–water partition coefficient (Wildman–Crippen LogP) is 3.38. The van der Waals surface area contributed by atoms with Crippen molar-refractivity contribution in [2.45, 2.75) is 51.7 Å². The number of hydrogen-bond acceptors (Lipinski definition) is 2. The van der Waals surface area contributed by atoms with Crippen LogP contribution in [0, 0.1) is 5.92 Å². The van der Waals surface area contributed by atoms with E-state index in [0.717, 1.165) is 24.2 Å². The second-order valence-corrected chi connectivity index (χ2v) is 6.09. The third-order valence-electron chi connectivity index (χ3n) is 4.41. The Morgan fingerprint density at radius 2 is 1.95 bits per heavy atom. The number of benzene rings is 1. The largest absolute Gasteiger partial charge is 0.489 e. The Morgan fingerprint density at radius 1 is 1.20 bits per heavy atom. The van der Waals surface area contributed by atoms with E-state index in [-0.39, 0.29) is 12.0 Å². The highest BCUT2D eigenvalue weighted by Gasteiger charge is 2.29. The monoisotopic (exact) mass is 273 g/mol. The fourth-order valence-electron chi connectivity index (χ4n) is 3.36. The Balaban J connectivity index is 1.77. The maximum atomic E-state index is 12.7. The molecule has 2 aliphatic rings. The van der Waals surface area contributed by atoms with Crippen LogP contribution in [0.5, 0.6) is 5.75 Å². The molecule has 1 heterocycles. The number of fused-ring (bicyclic) bond motifs is 1. The molecule has 1 unspecified atom stereocenters. The molecule has 1 fully saturated rings. The van der Waals surface area contributed by atoms with E-state index in [9.17, 15) is 4.79 Å². The number of nitrogens with zero attached hydrogens (tertiary/aromatic N) is 1. The van der Waals surface area contributed by atoms with Crippen LogP contribution in [0.2, 0.25) is 0 Å². The van der Waals surface area contributed by atoms with Gasteiger partial charge in [0.1, 0.15) is 11.9 Å². The quantitative estimate of drug-likeness (QED) is 0.785. The van der Waals surface area contributed by atoms with E-state index in [2.05, 4.69) is 6.07 Å². The lowest BCUT2D eigenvalue weighted by Crippen LogP contribution is -2.40. The highest BCUT2D eigenvalue weighted by molar-refractivity contribution is 5.79. The Hall–Kier alpha value is -1.51. The molecule has 20 heavy (non-hydrogen) atoms. The molecule has 108 valence electrons. The van der Waals surface area contributed by atoms with Gasteiger partial charge in [0.2, 0.25) is 5.91 Å².